The van der Waals surface area contributed by atoms with Crippen LogP contribution < -0.4 is 4.74 Å². The number of hydrogen-bond donors (Lipinski definition) is 0. The average Bonchev–Trinajstić information content (AvgIpc) is 2.47. The van der Waals surface area contributed by atoms with Crippen LogP contribution >= 0.6 is 0 Å². The molecule has 0 spiro atoms. The highest BCUT2D eigenvalue weighted by molar-refractivity contribution is 5.53. The van der Waals surface area contributed by atoms with Crippen LogP contribution in [0.3, 0.4) is 0 Å². The van der Waals surface area contributed by atoms with Crippen molar-refractivity contribution in [1.82, 2.24) is 0 Å². The van der Waals surface area contributed by atoms with Crippen LogP contribution in [0.1, 0.15) is 18.1 Å². The van der Waals surface area contributed by atoms with E-state index in [1.165, 1.54) is 12.1 Å². The van der Waals surface area contributed by atoms with Crippen molar-refractivity contribution in [3.63, 3.8) is 0 Å². The molecule has 5 heteroatoms. The van der Waals surface area contributed by atoms with Crippen LogP contribution in [0.2, 0.25) is 0 Å². The molecule has 0 N–H and O–H groups in total. The number of rotatable bonds is 4. The molecule has 20 heavy (non-hydrogen) atoms. The normalized spacial score (nSPS) is 9.80. The van der Waals surface area contributed by atoms with E-state index < -0.39 is 4.92 Å². The molecular weight excluding hydrogens is 256 g/mol. The standard InChI is InChI=1S/C15H12N2O3/c1-2-11-5-3-4-6-15(11)20-13-8-7-12(10-16)14(9-13)17(18)19/h3-9H,2H2,1H3. The first-order chi connectivity index (χ1) is 9.65. The maximum Gasteiger partial charge on any atom is 0.290 e. The van der Waals surface area contributed by atoms with Gasteiger partial charge in [-0.1, -0.05) is 25.1 Å². The van der Waals surface area contributed by atoms with Crippen LogP contribution in [0.25, 0.3) is 0 Å². The second kappa shape index (κ2) is 5.85. The van der Waals surface area contributed by atoms with Gasteiger partial charge in [0.2, 0.25) is 0 Å². The Morgan fingerprint density at radius 2 is 2.05 bits per heavy atom. The fourth-order valence-corrected chi connectivity index (χ4v) is 1.84. The number of aryl methyl sites for hydroxylation is 1. The highest BCUT2D eigenvalue weighted by atomic mass is 16.6. The number of nitro groups is 1. The smallest absolute Gasteiger partial charge is 0.290 e. The zero-order chi connectivity index (χ0) is 14.5. The first-order valence-corrected chi connectivity index (χ1v) is 6.10. The van der Waals surface area contributed by atoms with Crippen LogP contribution in [0, 0.1) is 21.4 Å². The average molecular weight is 268 g/mol. The molecule has 0 unspecified atom stereocenters. The third kappa shape index (κ3) is 2.75. The van der Waals surface area contributed by atoms with Gasteiger partial charge in [0.15, 0.2) is 0 Å². The molecule has 0 fully saturated rings. The van der Waals surface area contributed by atoms with Crippen LogP contribution in [0.5, 0.6) is 11.5 Å². The molecule has 0 bridgehead atoms. The summed E-state index contributed by atoms with van der Waals surface area (Å²) in [6.07, 6.45) is 0.800. The van der Waals surface area contributed by atoms with E-state index >= 15 is 0 Å². The van der Waals surface area contributed by atoms with Crippen molar-refractivity contribution in [3.8, 4) is 17.6 Å². The van der Waals surface area contributed by atoms with E-state index in [2.05, 4.69) is 0 Å². The minimum Gasteiger partial charge on any atom is -0.457 e. The van der Waals surface area contributed by atoms with Crippen molar-refractivity contribution in [3.05, 3.63) is 63.7 Å². The van der Waals surface area contributed by atoms with Gasteiger partial charge in [-0.3, -0.25) is 10.1 Å². The maximum absolute atomic E-state index is 10.9. The lowest BCUT2D eigenvalue weighted by atomic mass is 10.1. The molecule has 2 rings (SSSR count). The molecule has 2 aromatic rings. The van der Waals surface area contributed by atoms with Gasteiger partial charge in [0.1, 0.15) is 23.1 Å². The molecule has 0 aliphatic carbocycles. The highest BCUT2D eigenvalue weighted by Crippen LogP contribution is 2.29. The second-order valence-electron chi connectivity index (χ2n) is 4.11. The maximum atomic E-state index is 10.9. The molecule has 0 aliphatic rings. The molecule has 0 heterocycles. The summed E-state index contributed by atoms with van der Waals surface area (Å²) in [5.41, 5.74) is 0.782. The summed E-state index contributed by atoms with van der Waals surface area (Å²) in [6.45, 7) is 2.00. The summed E-state index contributed by atoms with van der Waals surface area (Å²) in [6, 6.07) is 13.5. The summed E-state index contributed by atoms with van der Waals surface area (Å²) in [7, 11) is 0. The first-order valence-electron chi connectivity index (χ1n) is 6.10. The van der Waals surface area contributed by atoms with E-state index in [0.717, 1.165) is 12.0 Å². The minimum absolute atomic E-state index is 0.0196. The van der Waals surface area contributed by atoms with E-state index in [1.807, 2.05) is 31.2 Å². The number of nitriles is 1. The zero-order valence-electron chi connectivity index (χ0n) is 10.9. The fourth-order valence-electron chi connectivity index (χ4n) is 1.84. The van der Waals surface area contributed by atoms with Gasteiger partial charge in [-0.15, -0.1) is 0 Å². The van der Waals surface area contributed by atoms with Crippen molar-refractivity contribution in [2.45, 2.75) is 13.3 Å². The third-order valence-electron chi connectivity index (χ3n) is 2.87. The van der Waals surface area contributed by atoms with Crippen molar-refractivity contribution < 1.29 is 9.66 Å². The SMILES string of the molecule is CCc1ccccc1Oc1ccc(C#N)c([N+](=O)[O-])c1. The molecule has 100 valence electrons. The monoisotopic (exact) mass is 268 g/mol. The highest BCUT2D eigenvalue weighted by Gasteiger charge is 2.15. The quantitative estimate of drug-likeness (QED) is 0.623. The number of ether oxygens (including phenoxy) is 1. The van der Waals surface area contributed by atoms with Crippen LogP contribution in [0.15, 0.2) is 42.5 Å². The summed E-state index contributed by atoms with van der Waals surface area (Å²) < 4.78 is 5.68. The van der Waals surface area contributed by atoms with Gasteiger partial charge in [0.25, 0.3) is 5.69 Å². The van der Waals surface area contributed by atoms with Gasteiger partial charge in [-0.05, 0) is 30.2 Å². The van der Waals surface area contributed by atoms with Gasteiger partial charge in [-0.25, -0.2) is 0 Å². The van der Waals surface area contributed by atoms with Crippen molar-refractivity contribution in [1.29, 1.82) is 5.26 Å². The Morgan fingerprint density at radius 3 is 2.70 bits per heavy atom. The molecule has 0 saturated heterocycles. The number of para-hydroxylation sites is 1. The molecule has 0 aliphatic heterocycles. The van der Waals surface area contributed by atoms with Crippen LogP contribution in [-0.4, -0.2) is 4.92 Å². The lowest BCUT2D eigenvalue weighted by molar-refractivity contribution is -0.385. The molecule has 0 aromatic heterocycles. The van der Waals surface area contributed by atoms with Crippen molar-refractivity contribution >= 4 is 5.69 Å². The van der Waals surface area contributed by atoms with E-state index in [0.29, 0.717) is 11.5 Å². The predicted octanol–water partition coefficient (Wildman–Crippen LogP) is 3.82. The Morgan fingerprint density at radius 1 is 1.30 bits per heavy atom. The van der Waals surface area contributed by atoms with Gasteiger partial charge >= 0.3 is 0 Å². The molecule has 2 aromatic carbocycles. The number of nitro benzene ring substituents is 1. The fraction of sp³-hybridized carbons (Fsp3) is 0.133. The molecule has 0 saturated carbocycles. The van der Waals surface area contributed by atoms with Gasteiger partial charge in [-0.2, -0.15) is 5.26 Å². The largest absolute Gasteiger partial charge is 0.457 e. The number of benzene rings is 2. The topological polar surface area (TPSA) is 76.2 Å². The molecule has 0 radical (unpaired) electrons. The molecular formula is C15H12N2O3. The Labute approximate surface area is 116 Å². The Hall–Kier alpha value is -2.87. The number of nitrogens with zero attached hydrogens (tertiary/aromatic N) is 2. The van der Waals surface area contributed by atoms with Gasteiger partial charge in [0, 0.05) is 0 Å². The van der Waals surface area contributed by atoms with E-state index in [-0.39, 0.29) is 11.3 Å². The van der Waals surface area contributed by atoms with Gasteiger partial charge in [0.05, 0.1) is 11.0 Å². The predicted molar refractivity (Wildman–Crippen MR) is 73.7 cm³/mol. The third-order valence-corrected chi connectivity index (χ3v) is 2.87. The first kappa shape index (κ1) is 13.6. The van der Waals surface area contributed by atoms with Crippen LogP contribution in [-0.2, 0) is 6.42 Å². The molecule has 0 atom stereocenters. The van der Waals surface area contributed by atoms with E-state index in [9.17, 15) is 10.1 Å². The zero-order valence-corrected chi connectivity index (χ0v) is 10.9. The minimum atomic E-state index is -0.586. The summed E-state index contributed by atoms with van der Waals surface area (Å²) in [5, 5.41) is 19.7. The lowest BCUT2D eigenvalue weighted by Crippen LogP contribution is -1.95. The molecule has 0 amide bonds. The Kier molecular flexibility index (Phi) is 3.96. The molecule has 5 nitrogen and oxygen atoms in total. The summed E-state index contributed by atoms with van der Waals surface area (Å²) in [4.78, 5) is 10.3. The Bertz CT molecular complexity index is 690. The van der Waals surface area contributed by atoms with E-state index in [1.54, 1.807) is 12.1 Å². The van der Waals surface area contributed by atoms with Crippen molar-refractivity contribution in [2.75, 3.05) is 0 Å². The van der Waals surface area contributed by atoms with E-state index in [4.69, 9.17) is 10.00 Å². The summed E-state index contributed by atoms with van der Waals surface area (Å²) >= 11 is 0. The summed E-state index contributed by atoms with van der Waals surface area (Å²) in [5.74, 6) is 1.01. The van der Waals surface area contributed by atoms with Gasteiger partial charge < -0.3 is 4.74 Å². The van der Waals surface area contributed by atoms with Crippen LogP contribution in [0.4, 0.5) is 5.69 Å². The second-order valence-corrected chi connectivity index (χ2v) is 4.11. The van der Waals surface area contributed by atoms with Crippen molar-refractivity contribution in [2.24, 2.45) is 0 Å². The lowest BCUT2D eigenvalue weighted by Gasteiger charge is -2.09. The number of hydrogen-bond acceptors (Lipinski definition) is 4. The Balaban J connectivity index is 2.38.